The summed E-state index contributed by atoms with van der Waals surface area (Å²) < 4.78 is 52.7. The predicted molar refractivity (Wildman–Crippen MR) is 91.2 cm³/mol. The first-order chi connectivity index (χ1) is 10.6. The molecule has 0 amide bonds. The van der Waals surface area contributed by atoms with Gasteiger partial charge in [0.05, 0.1) is 0 Å². The molecule has 1 heterocycles. The molecule has 12 heteroatoms. The average molecular weight is 471 g/mol. The SMILES string of the molecule is CN(C)S(=O)(=O)n1cnc(S(=O)(=O)NCc2ccccc2I)n1. The van der Waals surface area contributed by atoms with Gasteiger partial charge in [-0.1, -0.05) is 18.2 Å². The lowest BCUT2D eigenvalue weighted by atomic mass is 10.2. The molecule has 2 aromatic rings. The Morgan fingerprint density at radius 1 is 1.22 bits per heavy atom. The Bertz CT molecular complexity index is 908. The Hall–Kier alpha value is -1.09. The average Bonchev–Trinajstić information content (AvgIpc) is 2.97. The van der Waals surface area contributed by atoms with Gasteiger partial charge in [0.15, 0.2) is 0 Å². The molecule has 0 aliphatic carbocycles. The van der Waals surface area contributed by atoms with Crippen LogP contribution in [0.1, 0.15) is 5.56 Å². The van der Waals surface area contributed by atoms with E-state index in [-0.39, 0.29) is 6.54 Å². The number of rotatable bonds is 6. The molecule has 0 atom stereocenters. The summed E-state index contributed by atoms with van der Waals surface area (Å²) in [6.07, 6.45) is 0.843. The van der Waals surface area contributed by atoms with Gasteiger partial charge >= 0.3 is 10.2 Å². The van der Waals surface area contributed by atoms with Gasteiger partial charge in [-0.2, -0.15) is 12.7 Å². The van der Waals surface area contributed by atoms with Gasteiger partial charge in [-0.3, -0.25) is 0 Å². The summed E-state index contributed by atoms with van der Waals surface area (Å²) in [7, 11) is -5.31. The minimum absolute atomic E-state index is 0.0520. The van der Waals surface area contributed by atoms with Crippen molar-refractivity contribution in [1.82, 2.24) is 23.2 Å². The number of hydrogen-bond acceptors (Lipinski definition) is 6. The van der Waals surface area contributed by atoms with Crippen molar-refractivity contribution < 1.29 is 16.8 Å². The van der Waals surface area contributed by atoms with E-state index in [0.29, 0.717) is 4.09 Å². The van der Waals surface area contributed by atoms with E-state index in [1.165, 1.54) is 14.1 Å². The molecule has 0 unspecified atom stereocenters. The molecule has 1 N–H and O–H groups in total. The molecule has 23 heavy (non-hydrogen) atoms. The molecule has 1 aromatic carbocycles. The Balaban J connectivity index is 2.21. The zero-order chi connectivity index (χ0) is 17.3. The van der Waals surface area contributed by atoms with Crippen LogP contribution in [0.4, 0.5) is 0 Å². The van der Waals surface area contributed by atoms with E-state index in [9.17, 15) is 16.8 Å². The summed E-state index contributed by atoms with van der Waals surface area (Å²) >= 11 is 2.09. The van der Waals surface area contributed by atoms with E-state index in [1.54, 1.807) is 12.1 Å². The molecule has 0 aliphatic heterocycles. The van der Waals surface area contributed by atoms with Crippen LogP contribution in [-0.4, -0.2) is 49.4 Å². The summed E-state index contributed by atoms with van der Waals surface area (Å²) in [5.41, 5.74) is 0.789. The lowest BCUT2D eigenvalue weighted by molar-refractivity contribution is 0.502. The summed E-state index contributed by atoms with van der Waals surface area (Å²) in [5.74, 6) is 0. The van der Waals surface area contributed by atoms with Gasteiger partial charge in [0.25, 0.3) is 15.2 Å². The van der Waals surface area contributed by atoms with Crippen molar-refractivity contribution in [3.8, 4) is 0 Å². The Morgan fingerprint density at radius 3 is 2.48 bits per heavy atom. The third kappa shape index (κ3) is 4.06. The highest BCUT2D eigenvalue weighted by atomic mass is 127. The molecule has 0 fully saturated rings. The predicted octanol–water partition coefficient (Wildman–Crippen LogP) is 0.0157. The van der Waals surface area contributed by atoms with Gasteiger partial charge < -0.3 is 0 Å². The topological polar surface area (TPSA) is 114 Å². The third-order valence-corrected chi connectivity index (χ3v) is 6.62. The quantitative estimate of drug-likeness (QED) is 0.595. The molecule has 1 aromatic heterocycles. The van der Waals surface area contributed by atoms with Crippen LogP contribution in [0.3, 0.4) is 0 Å². The first kappa shape index (κ1) is 18.3. The molecule has 0 spiro atoms. The molecule has 0 radical (unpaired) electrons. The number of nitrogens with one attached hydrogen (secondary N) is 1. The molecule has 2 rings (SSSR count). The number of sulfonamides is 1. The summed E-state index contributed by atoms with van der Waals surface area (Å²) in [4.78, 5) is 3.56. The molecular weight excluding hydrogens is 457 g/mol. The van der Waals surface area contributed by atoms with Crippen molar-refractivity contribution >= 4 is 42.8 Å². The van der Waals surface area contributed by atoms with Crippen LogP contribution in [0.15, 0.2) is 35.7 Å². The highest BCUT2D eigenvalue weighted by Crippen LogP contribution is 2.12. The Labute approximate surface area is 148 Å². The van der Waals surface area contributed by atoms with Gasteiger partial charge in [0.1, 0.15) is 6.33 Å². The highest BCUT2D eigenvalue weighted by molar-refractivity contribution is 14.1. The van der Waals surface area contributed by atoms with Crippen molar-refractivity contribution in [1.29, 1.82) is 0 Å². The van der Waals surface area contributed by atoms with E-state index in [1.807, 2.05) is 12.1 Å². The van der Waals surface area contributed by atoms with E-state index >= 15 is 0 Å². The van der Waals surface area contributed by atoms with E-state index in [2.05, 4.69) is 37.4 Å². The second kappa shape index (κ2) is 6.80. The van der Waals surface area contributed by atoms with Crippen molar-refractivity contribution in [3.63, 3.8) is 0 Å². The van der Waals surface area contributed by atoms with Crippen LogP contribution >= 0.6 is 22.6 Å². The van der Waals surface area contributed by atoms with Gasteiger partial charge in [0, 0.05) is 24.2 Å². The number of nitrogens with zero attached hydrogens (tertiary/aromatic N) is 4. The minimum atomic E-state index is -4.02. The maximum Gasteiger partial charge on any atom is 0.323 e. The maximum absolute atomic E-state index is 12.2. The van der Waals surface area contributed by atoms with Gasteiger partial charge in [-0.15, -0.1) is 9.19 Å². The highest BCUT2D eigenvalue weighted by Gasteiger charge is 2.24. The molecule has 0 saturated carbocycles. The van der Waals surface area contributed by atoms with Crippen LogP contribution in [0.2, 0.25) is 0 Å². The number of aromatic nitrogens is 3. The molecule has 0 bridgehead atoms. The maximum atomic E-state index is 12.2. The fourth-order valence-electron chi connectivity index (χ4n) is 1.52. The zero-order valence-electron chi connectivity index (χ0n) is 12.2. The van der Waals surface area contributed by atoms with Crippen LogP contribution < -0.4 is 4.72 Å². The summed E-state index contributed by atoms with van der Waals surface area (Å²) in [5, 5.41) is 2.93. The fourth-order valence-corrected chi connectivity index (χ4v) is 3.68. The van der Waals surface area contributed by atoms with Gasteiger partial charge in [-0.05, 0) is 34.2 Å². The van der Waals surface area contributed by atoms with Crippen LogP contribution in [0.5, 0.6) is 0 Å². The van der Waals surface area contributed by atoms with Crippen molar-refractivity contribution in [2.24, 2.45) is 0 Å². The van der Waals surface area contributed by atoms with E-state index < -0.39 is 25.4 Å². The van der Waals surface area contributed by atoms with E-state index in [0.717, 1.165) is 19.8 Å². The summed E-state index contributed by atoms with van der Waals surface area (Å²) in [6.45, 7) is 0.0520. The van der Waals surface area contributed by atoms with Crippen LogP contribution in [0, 0.1) is 3.57 Å². The zero-order valence-corrected chi connectivity index (χ0v) is 16.0. The first-order valence-corrected chi connectivity index (χ1v) is 10.2. The summed E-state index contributed by atoms with van der Waals surface area (Å²) in [6, 6.07) is 7.27. The molecule has 0 aliphatic rings. The largest absolute Gasteiger partial charge is 0.323 e. The van der Waals surface area contributed by atoms with Crippen molar-refractivity contribution in [2.75, 3.05) is 14.1 Å². The molecular formula is C11H14IN5O4S2. The molecule has 126 valence electrons. The normalized spacial score (nSPS) is 12.7. The lowest BCUT2D eigenvalue weighted by Gasteiger charge is -2.09. The van der Waals surface area contributed by atoms with E-state index in [4.69, 9.17) is 0 Å². The fraction of sp³-hybridized carbons (Fsp3) is 0.273. The smallest absolute Gasteiger partial charge is 0.204 e. The van der Waals surface area contributed by atoms with Crippen LogP contribution in [-0.2, 0) is 26.8 Å². The second-order valence-electron chi connectivity index (χ2n) is 4.61. The minimum Gasteiger partial charge on any atom is -0.204 e. The van der Waals surface area contributed by atoms with Gasteiger partial charge in [-0.25, -0.2) is 18.1 Å². The standard InChI is InChI=1S/C11H14IN5O4S2/c1-16(2)23(20,21)17-8-13-11(15-17)22(18,19)14-7-9-5-3-4-6-10(9)12/h3-6,8,14H,7H2,1-2H3. The van der Waals surface area contributed by atoms with Crippen molar-refractivity contribution in [3.05, 3.63) is 39.7 Å². The number of hydrogen-bond donors (Lipinski definition) is 1. The monoisotopic (exact) mass is 471 g/mol. The molecule has 0 saturated heterocycles. The lowest BCUT2D eigenvalue weighted by Crippen LogP contribution is -2.30. The van der Waals surface area contributed by atoms with Crippen molar-refractivity contribution in [2.45, 2.75) is 11.7 Å². The number of halogens is 1. The number of benzene rings is 1. The van der Waals surface area contributed by atoms with Crippen LogP contribution in [0.25, 0.3) is 0 Å². The third-order valence-electron chi connectivity index (χ3n) is 2.80. The Morgan fingerprint density at radius 2 is 1.87 bits per heavy atom. The Kier molecular flexibility index (Phi) is 5.40. The first-order valence-electron chi connectivity index (χ1n) is 6.22. The second-order valence-corrected chi connectivity index (χ2v) is 9.43. The molecule has 9 nitrogen and oxygen atoms in total. The van der Waals surface area contributed by atoms with Gasteiger partial charge in [0.2, 0.25) is 0 Å².